The molecule has 154 valence electrons. The first-order chi connectivity index (χ1) is 14.7. The molecular formula is C26H27NO3. The van der Waals surface area contributed by atoms with Crippen molar-refractivity contribution >= 4 is 11.6 Å². The van der Waals surface area contributed by atoms with E-state index in [-0.39, 0.29) is 11.8 Å². The zero-order valence-corrected chi connectivity index (χ0v) is 17.5. The summed E-state index contributed by atoms with van der Waals surface area (Å²) in [6.45, 7) is 0.508. The minimum absolute atomic E-state index is 0.115. The molecule has 0 bridgehead atoms. The van der Waals surface area contributed by atoms with Crippen LogP contribution in [0.5, 0.6) is 11.5 Å². The maximum Gasteiger partial charge on any atom is 0.234 e. The molecule has 30 heavy (non-hydrogen) atoms. The monoisotopic (exact) mass is 401 g/mol. The minimum Gasteiger partial charge on any atom is -0.497 e. The van der Waals surface area contributed by atoms with Crippen LogP contribution in [0.15, 0.2) is 72.8 Å². The highest BCUT2D eigenvalue weighted by Gasteiger charge is 2.30. The third-order valence-corrected chi connectivity index (χ3v) is 5.82. The number of ether oxygens (including phenoxy) is 2. The Morgan fingerprint density at radius 3 is 2.20 bits per heavy atom. The molecule has 4 rings (SSSR count). The average Bonchev–Trinajstić information content (AvgIpc) is 2.82. The predicted octanol–water partition coefficient (Wildman–Crippen LogP) is 5.36. The lowest BCUT2D eigenvalue weighted by molar-refractivity contribution is -0.120. The molecule has 0 spiro atoms. The van der Waals surface area contributed by atoms with E-state index >= 15 is 0 Å². The molecular weight excluding hydrogens is 374 g/mol. The van der Waals surface area contributed by atoms with Crippen LogP contribution in [0, 0.1) is 0 Å². The molecule has 1 amide bonds. The fourth-order valence-corrected chi connectivity index (χ4v) is 4.17. The van der Waals surface area contributed by atoms with Gasteiger partial charge in [-0.3, -0.25) is 4.79 Å². The Balaban J connectivity index is 1.68. The Hall–Kier alpha value is -3.27. The Morgan fingerprint density at radius 2 is 1.53 bits per heavy atom. The van der Waals surface area contributed by atoms with Gasteiger partial charge in [-0.15, -0.1) is 0 Å². The summed E-state index contributed by atoms with van der Waals surface area (Å²) in [4.78, 5) is 15.7. The fraction of sp³-hybridized carbons (Fsp3) is 0.269. The summed E-state index contributed by atoms with van der Waals surface area (Å²) in [5.74, 6) is 1.61. The van der Waals surface area contributed by atoms with Crippen molar-refractivity contribution in [1.82, 2.24) is 0 Å². The first-order valence-electron chi connectivity index (χ1n) is 10.4. The van der Waals surface area contributed by atoms with Crippen LogP contribution in [0.2, 0.25) is 0 Å². The van der Waals surface area contributed by atoms with Crippen molar-refractivity contribution < 1.29 is 14.3 Å². The van der Waals surface area contributed by atoms with Gasteiger partial charge in [-0.05, 0) is 72.4 Å². The van der Waals surface area contributed by atoms with Gasteiger partial charge in [-0.1, -0.05) is 36.4 Å². The number of rotatable bonds is 6. The average molecular weight is 402 g/mol. The molecule has 1 atom stereocenters. The van der Waals surface area contributed by atoms with E-state index < -0.39 is 0 Å². The number of carbonyl (C=O) groups is 1. The van der Waals surface area contributed by atoms with E-state index in [9.17, 15) is 4.79 Å². The molecule has 0 aliphatic heterocycles. The SMILES string of the molecule is COc1ccc(CN(C(=O)C2CCCc3ccccc32)c2ccc(OC)cc2)cc1. The zero-order valence-electron chi connectivity index (χ0n) is 17.5. The second-order valence-corrected chi connectivity index (χ2v) is 7.61. The highest BCUT2D eigenvalue weighted by atomic mass is 16.5. The van der Waals surface area contributed by atoms with E-state index in [4.69, 9.17) is 9.47 Å². The molecule has 3 aromatic carbocycles. The smallest absolute Gasteiger partial charge is 0.234 e. The molecule has 1 aliphatic carbocycles. The maximum atomic E-state index is 13.8. The predicted molar refractivity (Wildman–Crippen MR) is 119 cm³/mol. The standard InChI is InChI=1S/C26H27NO3/c1-29-22-14-10-19(11-15-22)18-27(21-12-16-23(30-2)17-13-21)26(28)25-9-5-7-20-6-3-4-8-24(20)25/h3-4,6,8,10-17,25H,5,7,9,18H2,1-2H3. The number of nitrogens with zero attached hydrogens (tertiary/aromatic N) is 1. The number of benzene rings is 3. The molecule has 4 heteroatoms. The van der Waals surface area contributed by atoms with E-state index in [1.54, 1.807) is 14.2 Å². The second-order valence-electron chi connectivity index (χ2n) is 7.61. The van der Waals surface area contributed by atoms with Crippen LogP contribution in [0.4, 0.5) is 5.69 Å². The molecule has 4 nitrogen and oxygen atoms in total. The van der Waals surface area contributed by atoms with Crippen molar-refractivity contribution in [3.8, 4) is 11.5 Å². The normalized spacial score (nSPS) is 15.2. The number of fused-ring (bicyclic) bond motifs is 1. The summed E-state index contributed by atoms with van der Waals surface area (Å²) in [6.07, 6.45) is 2.96. The summed E-state index contributed by atoms with van der Waals surface area (Å²) in [6, 6.07) is 23.9. The fourth-order valence-electron chi connectivity index (χ4n) is 4.17. The molecule has 0 saturated carbocycles. The van der Waals surface area contributed by atoms with Crippen LogP contribution in [-0.4, -0.2) is 20.1 Å². The topological polar surface area (TPSA) is 38.8 Å². The van der Waals surface area contributed by atoms with Crippen LogP contribution >= 0.6 is 0 Å². The Morgan fingerprint density at radius 1 is 0.900 bits per heavy atom. The Labute approximate surface area is 178 Å². The van der Waals surface area contributed by atoms with Crippen LogP contribution in [0.3, 0.4) is 0 Å². The third-order valence-electron chi connectivity index (χ3n) is 5.82. The van der Waals surface area contributed by atoms with Crippen molar-refractivity contribution in [3.05, 3.63) is 89.5 Å². The highest BCUT2D eigenvalue weighted by molar-refractivity contribution is 5.98. The van der Waals surface area contributed by atoms with Crippen molar-refractivity contribution in [2.45, 2.75) is 31.7 Å². The van der Waals surface area contributed by atoms with Crippen LogP contribution in [-0.2, 0) is 17.8 Å². The number of hydrogen-bond donors (Lipinski definition) is 0. The van der Waals surface area contributed by atoms with E-state index in [0.29, 0.717) is 6.54 Å². The number of methoxy groups -OCH3 is 2. The van der Waals surface area contributed by atoms with Gasteiger partial charge in [0.1, 0.15) is 11.5 Å². The zero-order chi connectivity index (χ0) is 20.9. The van der Waals surface area contributed by atoms with Crippen molar-refractivity contribution in [3.63, 3.8) is 0 Å². The quantitative estimate of drug-likeness (QED) is 0.558. The summed E-state index contributed by atoms with van der Waals surface area (Å²) < 4.78 is 10.6. The van der Waals surface area contributed by atoms with Crippen LogP contribution in [0.1, 0.15) is 35.4 Å². The third kappa shape index (κ3) is 4.18. The summed E-state index contributed by atoms with van der Waals surface area (Å²) in [5.41, 5.74) is 4.40. The summed E-state index contributed by atoms with van der Waals surface area (Å²) in [5, 5.41) is 0. The number of anilines is 1. The molecule has 1 aliphatic rings. The van der Waals surface area contributed by atoms with Crippen molar-refractivity contribution in [2.75, 3.05) is 19.1 Å². The Bertz CT molecular complexity index is 996. The van der Waals surface area contributed by atoms with E-state index in [0.717, 1.165) is 42.0 Å². The molecule has 1 unspecified atom stereocenters. The second kappa shape index (κ2) is 9.04. The first-order valence-corrected chi connectivity index (χ1v) is 10.4. The molecule has 0 heterocycles. The highest BCUT2D eigenvalue weighted by Crippen LogP contribution is 2.35. The van der Waals surface area contributed by atoms with Crippen LogP contribution in [0.25, 0.3) is 0 Å². The number of amides is 1. The van der Waals surface area contributed by atoms with Gasteiger partial charge in [0, 0.05) is 5.69 Å². The van der Waals surface area contributed by atoms with Gasteiger partial charge in [0.2, 0.25) is 5.91 Å². The summed E-state index contributed by atoms with van der Waals surface area (Å²) in [7, 11) is 3.30. The molecule has 0 radical (unpaired) electrons. The van der Waals surface area contributed by atoms with Gasteiger partial charge in [0.15, 0.2) is 0 Å². The van der Waals surface area contributed by atoms with Gasteiger partial charge < -0.3 is 14.4 Å². The molecule has 0 fully saturated rings. The van der Waals surface area contributed by atoms with Gasteiger partial charge >= 0.3 is 0 Å². The molecule has 0 N–H and O–H groups in total. The lowest BCUT2D eigenvalue weighted by Gasteiger charge is -2.31. The van der Waals surface area contributed by atoms with Crippen molar-refractivity contribution in [2.24, 2.45) is 0 Å². The van der Waals surface area contributed by atoms with Gasteiger partial charge in [0.05, 0.1) is 26.7 Å². The molecule has 0 aromatic heterocycles. The van der Waals surface area contributed by atoms with Gasteiger partial charge in [-0.2, -0.15) is 0 Å². The largest absolute Gasteiger partial charge is 0.497 e. The molecule has 3 aromatic rings. The van der Waals surface area contributed by atoms with E-state index in [1.807, 2.05) is 59.5 Å². The first kappa shape index (κ1) is 20.0. The minimum atomic E-state index is -0.115. The lowest BCUT2D eigenvalue weighted by atomic mass is 9.82. The van der Waals surface area contributed by atoms with Gasteiger partial charge in [0.25, 0.3) is 0 Å². The lowest BCUT2D eigenvalue weighted by Crippen LogP contribution is -2.36. The van der Waals surface area contributed by atoms with E-state index in [2.05, 4.69) is 18.2 Å². The van der Waals surface area contributed by atoms with E-state index in [1.165, 1.54) is 11.1 Å². The maximum absolute atomic E-state index is 13.8. The summed E-state index contributed by atoms with van der Waals surface area (Å²) >= 11 is 0. The Kier molecular flexibility index (Phi) is 6.03. The number of aryl methyl sites for hydroxylation is 1. The number of hydrogen-bond acceptors (Lipinski definition) is 3. The van der Waals surface area contributed by atoms with Gasteiger partial charge in [-0.25, -0.2) is 0 Å². The van der Waals surface area contributed by atoms with Crippen molar-refractivity contribution in [1.29, 1.82) is 0 Å². The number of carbonyl (C=O) groups excluding carboxylic acids is 1. The van der Waals surface area contributed by atoms with Crippen LogP contribution < -0.4 is 14.4 Å². The molecule has 0 saturated heterocycles.